The molecule has 0 bridgehead atoms. The summed E-state index contributed by atoms with van der Waals surface area (Å²) >= 11 is 12.2. The van der Waals surface area contributed by atoms with Crippen LogP contribution in [-0.4, -0.2) is 21.0 Å². The highest BCUT2D eigenvalue weighted by atomic mass is 35.5. The minimum Gasteiger partial charge on any atom is -0.329 e. The van der Waals surface area contributed by atoms with E-state index in [9.17, 15) is 8.42 Å². The molecule has 1 rings (SSSR count). The van der Waals surface area contributed by atoms with Gasteiger partial charge in [0, 0.05) is 17.6 Å². The van der Waals surface area contributed by atoms with Crippen molar-refractivity contribution >= 4 is 33.2 Å². The second-order valence-electron chi connectivity index (χ2n) is 5.15. The van der Waals surface area contributed by atoms with Crippen LogP contribution in [0.15, 0.2) is 11.0 Å². The first-order valence-electron chi connectivity index (χ1n) is 6.29. The van der Waals surface area contributed by atoms with E-state index < -0.39 is 10.0 Å². The molecule has 0 saturated carbocycles. The Kier molecular flexibility index (Phi) is 5.87. The molecule has 1 aromatic carbocycles. The maximum Gasteiger partial charge on any atom is 0.242 e. The molecule has 0 aromatic heterocycles. The molecule has 0 aliphatic heterocycles. The van der Waals surface area contributed by atoms with E-state index in [0.29, 0.717) is 16.1 Å². The van der Waals surface area contributed by atoms with Crippen LogP contribution in [0.25, 0.3) is 0 Å². The van der Waals surface area contributed by atoms with Gasteiger partial charge in [-0.15, -0.1) is 0 Å². The van der Waals surface area contributed by atoms with E-state index in [1.165, 1.54) is 0 Å². The number of hydrogen-bond acceptors (Lipinski definition) is 3. The van der Waals surface area contributed by atoms with Crippen molar-refractivity contribution in [3.63, 3.8) is 0 Å². The molecular weight excluding hydrogens is 319 g/mol. The van der Waals surface area contributed by atoms with E-state index in [0.717, 1.165) is 0 Å². The van der Waals surface area contributed by atoms with Crippen LogP contribution < -0.4 is 10.5 Å². The lowest BCUT2D eigenvalue weighted by molar-refractivity contribution is 0.454. The van der Waals surface area contributed by atoms with Gasteiger partial charge < -0.3 is 5.73 Å². The van der Waals surface area contributed by atoms with E-state index in [4.69, 9.17) is 28.9 Å². The fourth-order valence-corrected chi connectivity index (χ4v) is 4.46. The fraction of sp³-hybridized carbons (Fsp3) is 0.538. The highest BCUT2D eigenvalue weighted by Crippen LogP contribution is 2.33. The maximum atomic E-state index is 12.5. The van der Waals surface area contributed by atoms with Gasteiger partial charge in [0.15, 0.2) is 0 Å². The predicted octanol–water partition coefficient (Wildman–Crippen LogP) is 2.87. The third-order valence-corrected chi connectivity index (χ3v) is 5.87. The molecule has 0 spiro atoms. The average Bonchev–Trinajstić information content (AvgIpc) is 2.33. The minimum absolute atomic E-state index is 0.0308. The van der Waals surface area contributed by atoms with Gasteiger partial charge in [0.1, 0.15) is 4.90 Å². The molecule has 0 heterocycles. The van der Waals surface area contributed by atoms with E-state index in [-0.39, 0.29) is 28.4 Å². The van der Waals surface area contributed by atoms with Crippen molar-refractivity contribution < 1.29 is 8.42 Å². The standard InChI is InChI=1S/C13H20Cl2N2O2S/c1-7(2)11(6-16)17-20(18,19)13-9(4)10(14)5-8(3)12(13)15/h5,7,11,17H,6,16H2,1-4H3. The van der Waals surface area contributed by atoms with Gasteiger partial charge in [-0.3, -0.25) is 0 Å². The molecule has 0 amide bonds. The van der Waals surface area contributed by atoms with Crippen molar-refractivity contribution in [2.24, 2.45) is 11.7 Å². The molecule has 4 nitrogen and oxygen atoms in total. The van der Waals surface area contributed by atoms with Gasteiger partial charge in [0.25, 0.3) is 0 Å². The van der Waals surface area contributed by atoms with Gasteiger partial charge in [-0.25, -0.2) is 13.1 Å². The van der Waals surface area contributed by atoms with Gasteiger partial charge in [-0.1, -0.05) is 37.0 Å². The van der Waals surface area contributed by atoms with Crippen LogP contribution in [0.4, 0.5) is 0 Å². The second-order valence-corrected chi connectivity index (χ2v) is 7.59. The molecule has 0 radical (unpaired) electrons. The van der Waals surface area contributed by atoms with Gasteiger partial charge in [-0.05, 0) is 37.0 Å². The summed E-state index contributed by atoms with van der Waals surface area (Å²) < 4.78 is 27.7. The Hall–Kier alpha value is -0.330. The van der Waals surface area contributed by atoms with Crippen molar-refractivity contribution in [3.8, 4) is 0 Å². The summed E-state index contributed by atoms with van der Waals surface area (Å²) in [5.74, 6) is 0.0779. The van der Waals surface area contributed by atoms with Gasteiger partial charge >= 0.3 is 0 Å². The Balaban J connectivity index is 3.36. The monoisotopic (exact) mass is 338 g/mol. The molecule has 1 atom stereocenters. The Morgan fingerprint density at radius 3 is 2.30 bits per heavy atom. The van der Waals surface area contributed by atoms with Crippen molar-refractivity contribution in [1.29, 1.82) is 0 Å². The van der Waals surface area contributed by atoms with Crippen LogP contribution in [-0.2, 0) is 10.0 Å². The lowest BCUT2D eigenvalue weighted by Crippen LogP contribution is -2.43. The molecule has 1 aromatic rings. The third kappa shape index (κ3) is 3.65. The molecule has 0 aliphatic rings. The number of aryl methyl sites for hydroxylation is 1. The number of nitrogens with one attached hydrogen (secondary N) is 1. The average molecular weight is 339 g/mol. The lowest BCUT2D eigenvalue weighted by atomic mass is 10.1. The normalized spacial score (nSPS) is 13.8. The van der Waals surface area contributed by atoms with Crippen LogP contribution >= 0.6 is 23.2 Å². The minimum atomic E-state index is -3.77. The topological polar surface area (TPSA) is 72.2 Å². The lowest BCUT2D eigenvalue weighted by Gasteiger charge is -2.22. The summed E-state index contributed by atoms with van der Waals surface area (Å²) in [7, 11) is -3.77. The summed E-state index contributed by atoms with van der Waals surface area (Å²) in [6, 6.07) is 1.30. The van der Waals surface area contributed by atoms with Crippen LogP contribution in [0.3, 0.4) is 0 Å². The van der Waals surface area contributed by atoms with E-state index >= 15 is 0 Å². The van der Waals surface area contributed by atoms with Crippen molar-refractivity contribution in [3.05, 3.63) is 27.2 Å². The Morgan fingerprint density at radius 1 is 1.30 bits per heavy atom. The summed E-state index contributed by atoms with van der Waals surface area (Å²) in [6.07, 6.45) is 0. The Bertz CT molecular complexity index is 575. The second kappa shape index (κ2) is 6.62. The largest absolute Gasteiger partial charge is 0.329 e. The van der Waals surface area contributed by atoms with E-state index in [1.807, 2.05) is 13.8 Å². The van der Waals surface area contributed by atoms with Gasteiger partial charge in [-0.2, -0.15) is 0 Å². The number of rotatable bonds is 5. The zero-order chi connectivity index (χ0) is 15.7. The maximum absolute atomic E-state index is 12.5. The first-order valence-corrected chi connectivity index (χ1v) is 8.53. The summed E-state index contributed by atoms with van der Waals surface area (Å²) in [5.41, 5.74) is 6.67. The summed E-state index contributed by atoms with van der Waals surface area (Å²) in [5, 5.41) is 0.569. The molecule has 7 heteroatoms. The SMILES string of the molecule is Cc1cc(Cl)c(C)c(S(=O)(=O)NC(CN)C(C)C)c1Cl. The van der Waals surface area contributed by atoms with Gasteiger partial charge in [0.2, 0.25) is 10.0 Å². The molecular formula is C13H20Cl2N2O2S. The summed E-state index contributed by atoms with van der Waals surface area (Å²) in [4.78, 5) is 0.0308. The number of sulfonamides is 1. The number of halogens is 2. The number of hydrogen-bond donors (Lipinski definition) is 2. The van der Waals surface area contributed by atoms with Crippen LogP contribution in [0.5, 0.6) is 0 Å². The molecule has 0 aliphatic carbocycles. The molecule has 20 heavy (non-hydrogen) atoms. The van der Waals surface area contributed by atoms with Crippen molar-refractivity contribution in [1.82, 2.24) is 4.72 Å². The molecule has 0 fully saturated rings. The van der Waals surface area contributed by atoms with Crippen LogP contribution in [0.2, 0.25) is 10.0 Å². The van der Waals surface area contributed by atoms with Crippen molar-refractivity contribution in [2.45, 2.75) is 38.6 Å². The van der Waals surface area contributed by atoms with E-state index in [1.54, 1.807) is 19.9 Å². The third-order valence-electron chi connectivity index (χ3n) is 3.22. The smallest absolute Gasteiger partial charge is 0.242 e. The quantitative estimate of drug-likeness (QED) is 0.866. The number of nitrogens with two attached hydrogens (primary N) is 1. The summed E-state index contributed by atoms with van der Waals surface area (Å²) in [6.45, 7) is 7.37. The molecule has 3 N–H and O–H groups in total. The first kappa shape index (κ1) is 17.7. The highest BCUT2D eigenvalue weighted by Gasteiger charge is 2.27. The van der Waals surface area contributed by atoms with Crippen molar-refractivity contribution in [2.75, 3.05) is 6.54 Å². The fourth-order valence-electron chi connectivity index (χ4n) is 1.85. The van der Waals surface area contributed by atoms with Crippen LogP contribution in [0, 0.1) is 19.8 Å². The van der Waals surface area contributed by atoms with Gasteiger partial charge in [0.05, 0.1) is 5.02 Å². The Labute approximate surface area is 130 Å². The predicted molar refractivity (Wildman–Crippen MR) is 83.9 cm³/mol. The molecule has 114 valence electrons. The molecule has 0 saturated heterocycles. The van der Waals surface area contributed by atoms with E-state index in [2.05, 4.69) is 4.72 Å². The number of benzene rings is 1. The first-order chi connectivity index (χ1) is 9.11. The van der Waals surface area contributed by atoms with Crippen LogP contribution in [0.1, 0.15) is 25.0 Å². The zero-order valence-electron chi connectivity index (χ0n) is 12.0. The Morgan fingerprint density at radius 2 is 1.85 bits per heavy atom. The zero-order valence-corrected chi connectivity index (χ0v) is 14.3. The highest BCUT2D eigenvalue weighted by molar-refractivity contribution is 7.89. The molecule has 1 unspecified atom stereocenters.